The first-order valence-corrected chi connectivity index (χ1v) is 7.87. The minimum Gasteiger partial charge on any atom is -0.308 e. The monoisotopic (exact) mass is 284 g/mol. The quantitative estimate of drug-likeness (QED) is 0.854. The van der Waals surface area contributed by atoms with Crippen LogP contribution in [-0.4, -0.2) is 31.1 Å². The number of rotatable bonds is 6. The number of nitrogens with one attached hydrogen (secondary N) is 1. The molecule has 114 valence electrons. The molecule has 0 heterocycles. The predicted molar refractivity (Wildman–Crippen MR) is 92.7 cm³/mol. The summed E-state index contributed by atoms with van der Waals surface area (Å²) >= 11 is 0. The van der Waals surface area contributed by atoms with Gasteiger partial charge < -0.3 is 10.2 Å². The average molecular weight is 284 g/mol. The molecule has 0 fully saturated rings. The van der Waals surface area contributed by atoms with Crippen LogP contribution in [0.2, 0.25) is 0 Å². The Morgan fingerprint density at radius 1 is 1.05 bits per heavy atom. The van der Waals surface area contributed by atoms with E-state index in [1.807, 2.05) is 0 Å². The zero-order chi connectivity index (χ0) is 15.5. The zero-order valence-electron chi connectivity index (χ0n) is 14.0. The van der Waals surface area contributed by atoms with E-state index in [0.717, 1.165) is 13.0 Å². The number of hydrogen-bond donors (Lipinski definition) is 1. The Labute approximate surface area is 129 Å². The Balaban J connectivity index is 2.53. The lowest BCUT2D eigenvalue weighted by Gasteiger charge is -2.41. The molecule has 2 heteroatoms. The molecule has 0 saturated carbocycles. The Kier molecular flexibility index (Phi) is 5.02. The van der Waals surface area contributed by atoms with E-state index >= 15 is 0 Å². The minimum atomic E-state index is 0.0410. The summed E-state index contributed by atoms with van der Waals surface area (Å²) in [4.78, 5) is 2.31. The molecular formula is C19H28N2. The Morgan fingerprint density at radius 3 is 2.38 bits per heavy atom. The van der Waals surface area contributed by atoms with Crippen molar-refractivity contribution in [2.75, 3.05) is 20.6 Å². The molecule has 0 radical (unpaired) electrons. The minimum absolute atomic E-state index is 0.0410. The van der Waals surface area contributed by atoms with Crippen LogP contribution in [0.1, 0.15) is 38.8 Å². The Morgan fingerprint density at radius 2 is 1.71 bits per heavy atom. The highest BCUT2D eigenvalue weighted by Crippen LogP contribution is 2.33. The number of fused-ring (bicyclic) bond motifs is 1. The van der Waals surface area contributed by atoms with Crippen LogP contribution in [0, 0.1) is 0 Å². The van der Waals surface area contributed by atoms with Gasteiger partial charge in [0.15, 0.2) is 0 Å². The molecule has 2 nitrogen and oxygen atoms in total. The number of benzene rings is 2. The smallest absolute Gasteiger partial charge is 0.0507 e. The first-order valence-electron chi connectivity index (χ1n) is 7.87. The first kappa shape index (κ1) is 16.0. The van der Waals surface area contributed by atoms with Gasteiger partial charge in [-0.05, 0) is 57.2 Å². The molecule has 1 unspecified atom stereocenters. The number of likely N-dealkylation sites (N-methyl/N-ethyl adjacent to an activating group) is 1. The highest BCUT2D eigenvalue weighted by Gasteiger charge is 2.33. The van der Waals surface area contributed by atoms with Gasteiger partial charge in [0.1, 0.15) is 0 Å². The molecule has 0 aliphatic carbocycles. The largest absolute Gasteiger partial charge is 0.308 e. The summed E-state index contributed by atoms with van der Waals surface area (Å²) in [6.45, 7) is 7.87. The molecule has 2 aromatic carbocycles. The second-order valence-electron chi connectivity index (χ2n) is 6.50. The fourth-order valence-electron chi connectivity index (χ4n) is 2.79. The van der Waals surface area contributed by atoms with Gasteiger partial charge in [-0.2, -0.15) is 0 Å². The molecule has 0 aliphatic heterocycles. The van der Waals surface area contributed by atoms with Gasteiger partial charge in [0.25, 0.3) is 0 Å². The molecule has 2 aromatic rings. The summed E-state index contributed by atoms with van der Waals surface area (Å²) in [7, 11) is 4.32. The van der Waals surface area contributed by atoms with Crippen molar-refractivity contribution in [3.8, 4) is 0 Å². The fourth-order valence-corrected chi connectivity index (χ4v) is 2.79. The van der Waals surface area contributed by atoms with Gasteiger partial charge in [-0.25, -0.2) is 0 Å². The van der Waals surface area contributed by atoms with E-state index < -0.39 is 0 Å². The van der Waals surface area contributed by atoms with E-state index in [-0.39, 0.29) is 5.54 Å². The summed E-state index contributed by atoms with van der Waals surface area (Å²) in [6, 6.07) is 15.6. The molecule has 0 saturated heterocycles. The molecule has 1 N–H and O–H groups in total. The van der Waals surface area contributed by atoms with Crippen LogP contribution in [0.3, 0.4) is 0 Å². The topological polar surface area (TPSA) is 15.3 Å². The zero-order valence-corrected chi connectivity index (χ0v) is 14.0. The molecule has 0 aromatic heterocycles. The summed E-state index contributed by atoms with van der Waals surface area (Å²) in [5.41, 5.74) is 1.43. The van der Waals surface area contributed by atoms with Gasteiger partial charge in [0.2, 0.25) is 0 Å². The molecule has 2 rings (SSSR count). The summed E-state index contributed by atoms with van der Waals surface area (Å²) in [5.74, 6) is 0. The van der Waals surface area contributed by atoms with Gasteiger partial charge in [-0.1, -0.05) is 49.4 Å². The summed E-state index contributed by atoms with van der Waals surface area (Å²) in [5, 5.41) is 6.42. The van der Waals surface area contributed by atoms with Crippen LogP contribution in [-0.2, 0) is 0 Å². The van der Waals surface area contributed by atoms with E-state index in [0.29, 0.717) is 6.04 Å². The van der Waals surface area contributed by atoms with Gasteiger partial charge in [-0.3, -0.25) is 0 Å². The fraction of sp³-hybridized carbons (Fsp3) is 0.474. The summed E-state index contributed by atoms with van der Waals surface area (Å²) < 4.78 is 0. The van der Waals surface area contributed by atoms with Crippen molar-refractivity contribution in [3.63, 3.8) is 0 Å². The van der Waals surface area contributed by atoms with Crippen LogP contribution in [0.5, 0.6) is 0 Å². The highest BCUT2D eigenvalue weighted by atomic mass is 15.2. The van der Waals surface area contributed by atoms with Crippen LogP contribution in [0.15, 0.2) is 42.5 Å². The van der Waals surface area contributed by atoms with E-state index in [9.17, 15) is 0 Å². The van der Waals surface area contributed by atoms with Crippen LogP contribution < -0.4 is 5.32 Å². The standard InChI is InChI=1S/C19H28N2/c1-6-14-20-18(19(2,3)21(4)5)17-13-9-11-15-10-7-8-12-16(15)17/h7-13,18,20H,6,14H2,1-5H3. The van der Waals surface area contributed by atoms with Crippen molar-refractivity contribution < 1.29 is 0 Å². The van der Waals surface area contributed by atoms with Crippen molar-refractivity contribution in [2.24, 2.45) is 0 Å². The van der Waals surface area contributed by atoms with Gasteiger partial charge in [0, 0.05) is 5.54 Å². The average Bonchev–Trinajstić information content (AvgIpc) is 2.47. The van der Waals surface area contributed by atoms with Crippen molar-refractivity contribution in [3.05, 3.63) is 48.0 Å². The van der Waals surface area contributed by atoms with E-state index in [2.05, 4.69) is 87.5 Å². The summed E-state index contributed by atoms with van der Waals surface area (Å²) in [6.07, 6.45) is 1.14. The maximum Gasteiger partial charge on any atom is 0.0507 e. The second kappa shape index (κ2) is 6.59. The Bertz CT molecular complexity index is 582. The molecule has 0 bridgehead atoms. The highest BCUT2D eigenvalue weighted by molar-refractivity contribution is 5.86. The molecule has 0 aliphatic rings. The third-order valence-corrected chi connectivity index (χ3v) is 4.59. The number of hydrogen-bond acceptors (Lipinski definition) is 2. The van der Waals surface area contributed by atoms with Gasteiger partial charge >= 0.3 is 0 Å². The van der Waals surface area contributed by atoms with Crippen LogP contribution >= 0.6 is 0 Å². The van der Waals surface area contributed by atoms with Gasteiger partial charge in [0.05, 0.1) is 6.04 Å². The van der Waals surface area contributed by atoms with Crippen LogP contribution in [0.25, 0.3) is 10.8 Å². The SMILES string of the molecule is CCCNC(c1cccc2ccccc12)C(C)(C)N(C)C. The molecule has 0 amide bonds. The van der Waals surface area contributed by atoms with Crippen molar-refractivity contribution in [1.29, 1.82) is 0 Å². The maximum atomic E-state index is 3.76. The molecular weight excluding hydrogens is 256 g/mol. The maximum absolute atomic E-state index is 3.76. The third kappa shape index (κ3) is 3.28. The number of nitrogens with zero attached hydrogens (tertiary/aromatic N) is 1. The lowest BCUT2D eigenvalue weighted by molar-refractivity contribution is 0.138. The van der Waals surface area contributed by atoms with Crippen molar-refractivity contribution >= 4 is 10.8 Å². The lowest BCUT2D eigenvalue weighted by atomic mass is 9.85. The van der Waals surface area contributed by atoms with Gasteiger partial charge in [-0.15, -0.1) is 0 Å². The Hall–Kier alpha value is -1.38. The van der Waals surface area contributed by atoms with E-state index in [1.54, 1.807) is 0 Å². The lowest BCUT2D eigenvalue weighted by Crippen LogP contribution is -2.49. The molecule has 0 spiro atoms. The second-order valence-corrected chi connectivity index (χ2v) is 6.50. The first-order chi connectivity index (χ1) is 9.98. The van der Waals surface area contributed by atoms with E-state index in [4.69, 9.17) is 0 Å². The normalized spacial score (nSPS) is 13.8. The molecule has 1 atom stereocenters. The van der Waals surface area contributed by atoms with Crippen molar-refractivity contribution in [1.82, 2.24) is 10.2 Å². The predicted octanol–water partition coefficient (Wildman–Crippen LogP) is 4.22. The van der Waals surface area contributed by atoms with Crippen LogP contribution in [0.4, 0.5) is 0 Å². The molecule has 21 heavy (non-hydrogen) atoms. The third-order valence-electron chi connectivity index (χ3n) is 4.59. The van der Waals surface area contributed by atoms with E-state index in [1.165, 1.54) is 16.3 Å². The van der Waals surface area contributed by atoms with Crippen molar-refractivity contribution in [2.45, 2.75) is 38.8 Å².